The highest BCUT2D eigenvalue weighted by Crippen LogP contribution is 2.05. The lowest BCUT2D eigenvalue weighted by Gasteiger charge is -2.03. The van der Waals surface area contributed by atoms with Crippen LogP contribution in [0.4, 0.5) is 10.6 Å². The van der Waals surface area contributed by atoms with Gasteiger partial charge in [0, 0.05) is 0 Å². The standard InChI is InChI=1S/C9H11N3O3/c1-15-8(13)5-6-3-2-4-7(11-6)12-9(10)14/h2-4H,5H2,1H3,(H3,10,11,12,14). The Bertz CT molecular complexity index is 379. The van der Waals surface area contributed by atoms with Crippen molar-refractivity contribution in [1.29, 1.82) is 0 Å². The van der Waals surface area contributed by atoms with E-state index < -0.39 is 12.0 Å². The molecular formula is C9H11N3O3. The molecule has 0 unspecified atom stereocenters. The number of aromatic nitrogens is 1. The summed E-state index contributed by atoms with van der Waals surface area (Å²) in [6.07, 6.45) is 0.0603. The number of nitrogens with one attached hydrogen (secondary N) is 1. The van der Waals surface area contributed by atoms with Crippen LogP contribution in [0.15, 0.2) is 18.2 Å². The van der Waals surface area contributed by atoms with Crippen LogP contribution in [0.25, 0.3) is 0 Å². The summed E-state index contributed by atoms with van der Waals surface area (Å²) in [5, 5.41) is 2.31. The number of nitrogens with two attached hydrogens (primary N) is 1. The number of hydrogen-bond donors (Lipinski definition) is 2. The highest BCUT2D eigenvalue weighted by atomic mass is 16.5. The molecule has 0 aliphatic carbocycles. The van der Waals surface area contributed by atoms with Gasteiger partial charge in [-0.3, -0.25) is 10.1 Å². The molecule has 0 aliphatic rings. The summed E-state index contributed by atoms with van der Waals surface area (Å²) >= 11 is 0. The predicted molar refractivity (Wildman–Crippen MR) is 53.2 cm³/mol. The number of rotatable bonds is 3. The third-order valence-corrected chi connectivity index (χ3v) is 1.61. The molecule has 6 heteroatoms. The summed E-state index contributed by atoms with van der Waals surface area (Å²) in [7, 11) is 1.30. The van der Waals surface area contributed by atoms with Crippen LogP contribution in [0.2, 0.25) is 0 Å². The topological polar surface area (TPSA) is 94.3 Å². The van der Waals surface area contributed by atoms with Gasteiger partial charge in [-0.1, -0.05) is 6.07 Å². The molecule has 1 rings (SSSR count). The molecule has 1 aromatic rings. The lowest BCUT2D eigenvalue weighted by Crippen LogP contribution is -2.20. The van der Waals surface area contributed by atoms with E-state index in [2.05, 4.69) is 15.0 Å². The Morgan fingerprint density at radius 1 is 1.53 bits per heavy atom. The number of pyridine rings is 1. The average Bonchev–Trinajstić information content (AvgIpc) is 2.17. The second-order valence-electron chi connectivity index (χ2n) is 2.76. The monoisotopic (exact) mass is 209 g/mol. The van der Waals surface area contributed by atoms with Crippen molar-refractivity contribution in [2.45, 2.75) is 6.42 Å². The fourth-order valence-electron chi connectivity index (χ4n) is 0.994. The normalized spacial score (nSPS) is 9.40. The Kier molecular flexibility index (Phi) is 3.61. The van der Waals surface area contributed by atoms with Crippen LogP contribution < -0.4 is 11.1 Å². The largest absolute Gasteiger partial charge is 0.469 e. The summed E-state index contributed by atoms with van der Waals surface area (Å²) in [6, 6.07) is 4.20. The number of amides is 2. The molecule has 80 valence electrons. The van der Waals surface area contributed by atoms with Crippen LogP contribution in [-0.4, -0.2) is 24.1 Å². The maximum absolute atomic E-state index is 10.9. The van der Waals surface area contributed by atoms with Gasteiger partial charge in [0.1, 0.15) is 5.82 Å². The lowest BCUT2D eigenvalue weighted by molar-refractivity contribution is -0.139. The van der Waals surface area contributed by atoms with E-state index in [9.17, 15) is 9.59 Å². The van der Waals surface area contributed by atoms with Crippen LogP contribution in [0.3, 0.4) is 0 Å². The SMILES string of the molecule is COC(=O)Cc1cccc(NC(N)=O)n1. The molecule has 6 nitrogen and oxygen atoms in total. The summed E-state index contributed by atoms with van der Waals surface area (Å²) in [4.78, 5) is 25.5. The highest BCUT2D eigenvalue weighted by molar-refractivity contribution is 5.86. The molecular weight excluding hydrogens is 198 g/mol. The number of hydrogen-bond acceptors (Lipinski definition) is 4. The number of carbonyl (C=O) groups excluding carboxylic acids is 2. The minimum Gasteiger partial charge on any atom is -0.469 e. The first kappa shape index (κ1) is 11.0. The van der Waals surface area contributed by atoms with Crippen LogP contribution in [0, 0.1) is 0 Å². The molecule has 0 saturated heterocycles. The molecule has 15 heavy (non-hydrogen) atoms. The van der Waals surface area contributed by atoms with Gasteiger partial charge in [0.05, 0.1) is 19.2 Å². The summed E-state index contributed by atoms with van der Waals surface area (Å²) in [5.41, 5.74) is 5.43. The molecule has 3 N–H and O–H groups in total. The van der Waals surface area contributed by atoms with E-state index in [1.165, 1.54) is 7.11 Å². The van der Waals surface area contributed by atoms with Gasteiger partial charge < -0.3 is 10.5 Å². The van der Waals surface area contributed by atoms with E-state index in [0.717, 1.165) is 0 Å². The Morgan fingerprint density at radius 3 is 2.87 bits per heavy atom. The molecule has 0 saturated carbocycles. The van der Waals surface area contributed by atoms with Gasteiger partial charge in [-0.15, -0.1) is 0 Å². The first-order chi connectivity index (χ1) is 7.11. The number of carbonyl (C=O) groups is 2. The number of methoxy groups -OCH3 is 1. The number of anilines is 1. The van der Waals surface area contributed by atoms with E-state index in [0.29, 0.717) is 11.5 Å². The molecule has 0 aromatic carbocycles. The fourth-order valence-corrected chi connectivity index (χ4v) is 0.994. The van der Waals surface area contributed by atoms with Crippen molar-refractivity contribution in [1.82, 2.24) is 4.98 Å². The molecule has 0 radical (unpaired) electrons. The van der Waals surface area contributed by atoms with Gasteiger partial charge in [-0.2, -0.15) is 0 Å². The van der Waals surface area contributed by atoms with Gasteiger partial charge in [-0.05, 0) is 12.1 Å². The zero-order chi connectivity index (χ0) is 11.3. The van der Waals surface area contributed by atoms with Crippen LogP contribution in [-0.2, 0) is 16.0 Å². The van der Waals surface area contributed by atoms with E-state index in [-0.39, 0.29) is 6.42 Å². The number of ether oxygens (including phenoxy) is 1. The van der Waals surface area contributed by atoms with Gasteiger partial charge in [0.15, 0.2) is 0 Å². The van der Waals surface area contributed by atoms with Crippen molar-refractivity contribution in [2.24, 2.45) is 5.73 Å². The molecule has 0 aliphatic heterocycles. The van der Waals surface area contributed by atoms with Gasteiger partial charge >= 0.3 is 12.0 Å². The van der Waals surface area contributed by atoms with Crippen molar-refractivity contribution in [3.8, 4) is 0 Å². The van der Waals surface area contributed by atoms with Crippen molar-refractivity contribution in [2.75, 3.05) is 12.4 Å². The van der Waals surface area contributed by atoms with Crippen LogP contribution in [0.5, 0.6) is 0 Å². The van der Waals surface area contributed by atoms with Crippen molar-refractivity contribution in [3.63, 3.8) is 0 Å². The molecule has 1 heterocycles. The van der Waals surface area contributed by atoms with Gasteiger partial charge in [-0.25, -0.2) is 9.78 Å². The summed E-state index contributed by atoms with van der Waals surface area (Å²) in [5.74, 6) is -0.0809. The predicted octanol–water partition coefficient (Wildman–Crippen LogP) is 0.288. The number of urea groups is 1. The molecule has 0 spiro atoms. The molecule has 1 aromatic heterocycles. The Labute approximate surface area is 86.4 Å². The third-order valence-electron chi connectivity index (χ3n) is 1.61. The van der Waals surface area contributed by atoms with Crippen LogP contribution in [0.1, 0.15) is 5.69 Å². The minimum absolute atomic E-state index is 0.0603. The lowest BCUT2D eigenvalue weighted by atomic mass is 10.3. The molecule has 2 amide bonds. The number of nitrogens with zero attached hydrogens (tertiary/aromatic N) is 1. The maximum atomic E-state index is 10.9. The van der Waals surface area contributed by atoms with E-state index >= 15 is 0 Å². The van der Waals surface area contributed by atoms with Crippen molar-refractivity contribution < 1.29 is 14.3 Å². The van der Waals surface area contributed by atoms with E-state index in [4.69, 9.17) is 5.73 Å². The van der Waals surface area contributed by atoms with Crippen molar-refractivity contribution >= 4 is 17.8 Å². The summed E-state index contributed by atoms with van der Waals surface area (Å²) < 4.78 is 4.48. The number of esters is 1. The van der Waals surface area contributed by atoms with E-state index in [1.807, 2.05) is 0 Å². The Morgan fingerprint density at radius 2 is 2.27 bits per heavy atom. The quantitative estimate of drug-likeness (QED) is 0.699. The average molecular weight is 209 g/mol. The molecule has 0 bridgehead atoms. The Hall–Kier alpha value is -2.11. The second-order valence-corrected chi connectivity index (χ2v) is 2.76. The molecule has 0 atom stereocenters. The summed E-state index contributed by atoms with van der Waals surface area (Å²) in [6.45, 7) is 0. The van der Waals surface area contributed by atoms with Crippen molar-refractivity contribution in [3.05, 3.63) is 23.9 Å². The van der Waals surface area contributed by atoms with Crippen LogP contribution >= 0.6 is 0 Å². The zero-order valence-corrected chi connectivity index (χ0v) is 8.19. The zero-order valence-electron chi connectivity index (χ0n) is 8.19. The third kappa shape index (κ3) is 3.63. The maximum Gasteiger partial charge on any atom is 0.317 e. The first-order valence-corrected chi connectivity index (χ1v) is 4.21. The number of primary amides is 1. The Balaban J connectivity index is 2.74. The second kappa shape index (κ2) is 4.94. The minimum atomic E-state index is -0.697. The van der Waals surface area contributed by atoms with E-state index in [1.54, 1.807) is 18.2 Å². The smallest absolute Gasteiger partial charge is 0.317 e. The van der Waals surface area contributed by atoms with Gasteiger partial charge in [0.25, 0.3) is 0 Å². The first-order valence-electron chi connectivity index (χ1n) is 4.21. The highest BCUT2D eigenvalue weighted by Gasteiger charge is 2.05. The fraction of sp³-hybridized carbons (Fsp3) is 0.222. The molecule has 0 fully saturated rings. The van der Waals surface area contributed by atoms with Gasteiger partial charge in [0.2, 0.25) is 0 Å².